The number of carbonyl (C=O) groups excluding carboxylic acids is 2. The quantitative estimate of drug-likeness (QED) is 0.551. The van der Waals surface area contributed by atoms with Crippen molar-refractivity contribution in [3.8, 4) is 0 Å². The van der Waals surface area contributed by atoms with Crippen LogP contribution in [0.4, 0.5) is 5.69 Å². The summed E-state index contributed by atoms with van der Waals surface area (Å²) in [5.74, 6) is -0.192. The fraction of sp³-hybridized carbons (Fsp3) is 0.500. The molecule has 1 amide bonds. The van der Waals surface area contributed by atoms with Crippen molar-refractivity contribution in [1.29, 1.82) is 0 Å². The van der Waals surface area contributed by atoms with Gasteiger partial charge in [-0.3, -0.25) is 9.59 Å². The van der Waals surface area contributed by atoms with Gasteiger partial charge in [-0.15, -0.1) is 0 Å². The van der Waals surface area contributed by atoms with Crippen LogP contribution in [0.1, 0.15) is 43.0 Å². The van der Waals surface area contributed by atoms with Gasteiger partial charge >= 0.3 is 5.97 Å². The van der Waals surface area contributed by atoms with E-state index in [-0.39, 0.29) is 12.5 Å². The Kier molecular flexibility index (Phi) is 7.18. The molecular weight excluding hydrogens is 338 g/mol. The highest BCUT2D eigenvalue weighted by molar-refractivity contribution is 7.80. The number of hydrogen-bond donors (Lipinski definition) is 3. The molecule has 0 aliphatic heterocycles. The minimum Gasteiger partial charge on any atom is -0.468 e. The molecule has 136 valence electrons. The summed E-state index contributed by atoms with van der Waals surface area (Å²) in [5, 5.41) is 9.63. The molecule has 0 radical (unpaired) electrons. The van der Waals surface area contributed by atoms with Crippen LogP contribution >= 0.6 is 12.2 Å². The number of carbonyl (C=O) groups is 2. The Morgan fingerprint density at radius 3 is 2.52 bits per heavy atom. The average molecular weight is 363 g/mol. The Bertz CT molecular complexity index is 618. The van der Waals surface area contributed by atoms with Crippen LogP contribution in [-0.4, -0.2) is 36.7 Å². The van der Waals surface area contributed by atoms with Gasteiger partial charge in [-0.2, -0.15) is 0 Å². The van der Waals surface area contributed by atoms with E-state index in [1.165, 1.54) is 26.4 Å². The summed E-state index contributed by atoms with van der Waals surface area (Å²) in [6.07, 6.45) is 4.90. The van der Waals surface area contributed by atoms with Gasteiger partial charge in [0.05, 0.1) is 7.11 Å². The van der Waals surface area contributed by atoms with Crippen molar-refractivity contribution >= 4 is 34.9 Å². The Morgan fingerprint density at radius 2 is 1.88 bits per heavy atom. The van der Waals surface area contributed by atoms with E-state index >= 15 is 0 Å². The van der Waals surface area contributed by atoms with Crippen molar-refractivity contribution in [3.63, 3.8) is 0 Å². The van der Waals surface area contributed by atoms with Crippen LogP contribution in [0.3, 0.4) is 0 Å². The molecule has 25 heavy (non-hydrogen) atoms. The summed E-state index contributed by atoms with van der Waals surface area (Å²) in [5.41, 5.74) is 1.28. The minimum absolute atomic E-state index is 0.150. The summed E-state index contributed by atoms with van der Waals surface area (Å²) >= 11 is 5.38. The highest BCUT2D eigenvalue weighted by Crippen LogP contribution is 2.23. The van der Waals surface area contributed by atoms with E-state index in [2.05, 4.69) is 27.6 Å². The van der Waals surface area contributed by atoms with Gasteiger partial charge in [0.25, 0.3) is 5.91 Å². The second kappa shape index (κ2) is 9.36. The summed E-state index contributed by atoms with van der Waals surface area (Å²) in [6.45, 7) is 2.10. The third-order valence-electron chi connectivity index (χ3n) is 4.45. The lowest BCUT2D eigenvalue weighted by atomic mass is 9.86. The molecule has 0 aromatic heterocycles. The summed E-state index contributed by atoms with van der Waals surface area (Å²) in [6, 6.07) is 7.34. The number of methoxy groups -OCH3 is 1. The molecule has 0 unspecified atom stereocenters. The number of anilines is 1. The van der Waals surface area contributed by atoms with Gasteiger partial charge in [0, 0.05) is 17.3 Å². The largest absolute Gasteiger partial charge is 0.468 e. The zero-order valence-electron chi connectivity index (χ0n) is 14.6. The molecule has 0 saturated heterocycles. The Balaban J connectivity index is 1.83. The van der Waals surface area contributed by atoms with Crippen LogP contribution in [0.15, 0.2) is 24.3 Å². The number of amides is 1. The van der Waals surface area contributed by atoms with Crippen molar-refractivity contribution in [2.75, 3.05) is 19.0 Å². The molecule has 0 spiro atoms. The zero-order chi connectivity index (χ0) is 18.2. The first-order chi connectivity index (χ1) is 12.0. The molecule has 0 heterocycles. The van der Waals surface area contributed by atoms with Gasteiger partial charge in [0.15, 0.2) is 5.11 Å². The Labute approximate surface area is 153 Å². The molecule has 3 N–H and O–H groups in total. The van der Waals surface area contributed by atoms with Crippen LogP contribution in [-0.2, 0) is 9.53 Å². The van der Waals surface area contributed by atoms with Gasteiger partial charge in [0.1, 0.15) is 6.54 Å². The minimum atomic E-state index is -0.486. The van der Waals surface area contributed by atoms with Gasteiger partial charge in [-0.25, -0.2) is 0 Å². The molecule has 1 aliphatic carbocycles. The third-order valence-corrected chi connectivity index (χ3v) is 4.67. The Hall–Kier alpha value is -2.15. The molecule has 2 rings (SSSR count). The fourth-order valence-corrected chi connectivity index (χ4v) is 3.17. The molecule has 6 nitrogen and oxygen atoms in total. The van der Waals surface area contributed by atoms with Crippen molar-refractivity contribution in [2.45, 2.75) is 38.6 Å². The number of thiocarbonyl (C=S) groups is 1. The van der Waals surface area contributed by atoms with E-state index in [0.717, 1.165) is 12.1 Å². The lowest BCUT2D eigenvalue weighted by Crippen LogP contribution is -2.43. The van der Waals surface area contributed by atoms with Crippen molar-refractivity contribution < 1.29 is 14.3 Å². The van der Waals surface area contributed by atoms with E-state index in [1.807, 2.05) is 0 Å². The number of hydrogen-bond acceptors (Lipinski definition) is 4. The number of benzene rings is 1. The first-order valence-electron chi connectivity index (χ1n) is 8.52. The second-order valence-electron chi connectivity index (χ2n) is 6.30. The van der Waals surface area contributed by atoms with Crippen LogP contribution in [0.5, 0.6) is 0 Å². The van der Waals surface area contributed by atoms with E-state index in [0.29, 0.717) is 22.6 Å². The van der Waals surface area contributed by atoms with Crippen LogP contribution in [0, 0.1) is 5.92 Å². The van der Waals surface area contributed by atoms with Gasteiger partial charge in [-0.05, 0) is 55.2 Å². The lowest BCUT2D eigenvalue weighted by molar-refractivity contribution is -0.139. The van der Waals surface area contributed by atoms with Crippen molar-refractivity contribution in [3.05, 3.63) is 29.8 Å². The molecule has 1 fully saturated rings. The zero-order valence-corrected chi connectivity index (χ0v) is 15.4. The average Bonchev–Trinajstić information content (AvgIpc) is 2.62. The van der Waals surface area contributed by atoms with Gasteiger partial charge in [-0.1, -0.05) is 19.8 Å². The maximum Gasteiger partial charge on any atom is 0.325 e. The fourth-order valence-electron chi connectivity index (χ4n) is 2.90. The summed E-state index contributed by atoms with van der Waals surface area (Å²) in [4.78, 5) is 23.0. The standard InChI is InChI=1S/C18H25N3O3S/c1-12-5-3-4-6-15(12)21-18(25)20-14-9-7-13(8-10-14)17(23)19-11-16(22)24-2/h7-10,12,15H,3-6,11H2,1-2H3,(H,19,23)(H2,20,21,25)/t12-,15+/m0/s1. The van der Waals surface area contributed by atoms with Crippen molar-refractivity contribution in [2.24, 2.45) is 5.92 Å². The number of ether oxygens (including phenoxy) is 1. The van der Waals surface area contributed by atoms with Gasteiger partial charge < -0.3 is 20.7 Å². The monoisotopic (exact) mass is 363 g/mol. The van der Waals surface area contributed by atoms with Crippen molar-refractivity contribution in [1.82, 2.24) is 10.6 Å². The number of esters is 1. The van der Waals surface area contributed by atoms with Crippen LogP contribution in [0.2, 0.25) is 0 Å². The summed E-state index contributed by atoms with van der Waals surface area (Å²) in [7, 11) is 1.28. The Morgan fingerprint density at radius 1 is 1.20 bits per heavy atom. The molecule has 0 bridgehead atoms. The molecule has 1 aromatic rings. The molecular formula is C18H25N3O3S. The highest BCUT2D eigenvalue weighted by atomic mass is 32.1. The molecule has 1 aliphatic rings. The van der Waals surface area contributed by atoms with E-state index in [1.54, 1.807) is 24.3 Å². The molecule has 2 atom stereocenters. The topological polar surface area (TPSA) is 79.5 Å². The summed E-state index contributed by atoms with van der Waals surface area (Å²) < 4.78 is 4.48. The van der Waals surface area contributed by atoms with E-state index in [9.17, 15) is 9.59 Å². The van der Waals surface area contributed by atoms with E-state index < -0.39 is 5.97 Å². The normalized spacial score (nSPS) is 19.6. The third kappa shape index (κ3) is 6.01. The predicted octanol–water partition coefficient (Wildman–Crippen LogP) is 2.45. The molecule has 7 heteroatoms. The first-order valence-corrected chi connectivity index (χ1v) is 8.93. The molecule has 1 saturated carbocycles. The maximum atomic E-state index is 11.9. The highest BCUT2D eigenvalue weighted by Gasteiger charge is 2.21. The SMILES string of the molecule is COC(=O)CNC(=O)c1ccc(NC(=S)N[C@@H]2CCCC[C@@H]2C)cc1. The maximum absolute atomic E-state index is 11.9. The van der Waals surface area contributed by atoms with E-state index in [4.69, 9.17) is 12.2 Å². The first kappa shape index (κ1) is 19.2. The molecule has 1 aromatic carbocycles. The predicted molar refractivity (Wildman–Crippen MR) is 102 cm³/mol. The smallest absolute Gasteiger partial charge is 0.325 e. The lowest BCUT2D eigenvalue weighted by Gasteiger charge is -2.30. The van der Waals surface area contributed by atoms with Gasteiger partial charge in [0.2, 0.25) is 0 Å². The van der Waals surface area contributed by atoms with Crippen LogP contribution in [0.25, 0.3) is 0 Å². The number of rotatable bonds is 5. The second-order valence-corrected chi connectivity index (χ2v) is 6.71. The van der Waals surface area contributed by atoms with Crippen LogP contribution < -0.4 is 16.0 Å². The number of nitrogens with one attached hydrogen (secondary N) is 3.